The molecular formula is C54H79N5O9S2. The molecule has 0 N–H and O–H groups in total. The van der Waals surface area contributed by atoms with Gasteiger partial charge in [-0.05, 0) is 107 Å². The molecule has 0 saturated carbocycles. The minimum atomic E-state index is -0.268. The summed E-state index contributed by atoms with van der Waals surface area (Å²) in [5.41, 5.74) is 4.00. The fourth-order valence-electron chi connectivity index (χ4n) is 12.7. The fourth-order valence-corrected chi connectivity index (χ4v) is 13.2. The number of aliphatic imine (C=N–C) groups is 2. The lowest BCUT2D eigenvalue weighted by Gasteiger charge is -2.41. The zero-order valence-corrected chi connectivity index (χ0v) is 44.3. The summed E-state index contributed by atoms with van der Waals surface area (Å²) in [6.07, 6.45) is 25.3. The van der Waals surface area contributed by atoms with Crippen molar-refractivity contribution in [3.05, 3.63) is 58.0 Å². The van der Waals surface area contributed by atoms with Crippen LogP contribution in [0.15, 0.2) is 68.0 Å². The molecule has 4 aliphatic heterocycles. The molecule has 2 saturated heterocycles. The van der Waals surface area contributed by atoms with Crippen LogP contribution in [0.4, 0.5) is 0 Å². The molecule has 9 rings (SSSR count). The van der Waals surface area contributed by atoms with Gasteiger partial charge in [-0.15, -0.1) is 9.45 Å². The standard InChI is InChI=1S/C54H79N5O9S2/c1-54(2,70(6)69)34-57(15-16-65-19-20-66-18-17-62-3)39-22-35(32-67-50-28-44-42(26-48(50)63-4)52(60)58-40(30-55-44)24-37-11-7-9-13-46(37)58)21-36(23-39)33-68-51-29-45-43(27-49(51)64-5)53(61)59-41(31-56-45)25-38-12-8-10-14-47(38)59/h11-12,22,30-31,36,39-47H,7-10,13-21,23-29,32-34H2,1-6H3/t36?,39-,40+,41-,42-,43+,44?,45-,46+,47-,70?/m1/s1. The van der Waals surface area contributed by atoms with Gasteiger partial charge < -0.3 is 43.0 Å². The van der Waals surface area contributed by atoms with Gasteiger partial charge in [0.05, 0.1) is 102 Å². The van der Waals surface area contributed by atoms with Gasteiger partial charge in [0, 0.05) is 69.1 Å². The molecule has 2 amide bonds. The van der Waals surface area contributed by atoms with Crippen molar-refractivity contribution in [2.45, 2.75) is 151 Å². The van der Waals surface area contributed by atoms with Crippen molar-refractivity contribution >= 4 is 44.9 Å². The van der Waals surface area contributed by atoms with Crippen LogP contribution in [0.1, 0.15) is 104 Å². The van der Waals surface area contributed by atoms with Gasteiger partial charge in [0.25, 0.3) is 0 Å². The van der Waals surface area contributed by atoms with Gasteiger partial charge in [0.2, 0.25) is 11.8 Å². The van der Waals surface area contributed by atoms with E-state index in [2.05, 4.69) is 65.5 Å². The number of allylic oxidation sites excluding steroid dienone is 4. The summed E-state index contributed by atoms with van der Waals surface area (Å²) in [4.78, 5) is 45.7. The van der Waals surface area contributed by atoms with Crippen LogP contribution in [0.5, 0.6) is 0 Å². The molecule has 2 fully saturated rings. The van der Waals surface area contributed by atoms with Crippen molar-refractivity contribution in [1.82, 2.24) is 14.7 Å². The maximum atomic E-state index is 14.3. The Labute approximate surface area is 423 Å². The van der Waals surface area contributed by atoms with Gasteiger partial charge in [-0.25, -0.2) is 0 Å². The Kier molecular flexibility index (Phi) is 17.1. The van der Waals surface area contributed by atoms with E-state index in [1.165, 1.54) is 16.7 Å². The predicted octanol–water partition coefficient (Wildman–Crippen LogP) is 6.80. The van der Waals surface area contributed by atoms with Gasteiger partial charge in [-0.1, -0.05) is 29.4 Å². The number of ether oxygens (including phenoxy) is 7. The molecule has 0 aromatic carbocycles. The molecule has 386 valence electrons. The van der Waals surface area contributed by atoms with Crippen LogP contribution in [0.2, 0.25) is 0 Å². The molecule has 5 aliphatic carbocycles. The maximum Gasteiger partial charge on any atom is 0.229 e. The van der Waals surface area contributed by atoms with Crippen molar-refractivity contribution in [1.29, 1.82) is 0 Å². The molecule has 0 aromatic rings. The smallest absolute Gasteiger partial charge is 0.229 e. The number of carbonyl (C=O) groups is 2. The van der Waals surface area contributed by atoms with Gasteiger partial charge in [0.1, 0.15) is 29.6 Å². The van der Waals surface area contributed by atoms with Crippen LogP contribution in [-0.2, 0) is 63.4 Å². The lowest BCUT2D eigenvalue weighted by Crippen LogP contribution is -2.48. The topological polar surface area (TPSA) is 133 Å². The number of hydrogen-bond donors (Lipinski definition) is 0. The molecule has 0 radical (unpaired) electrons. The number of rotatable bonds is 21. The number of methoxy groups -OCH3 is 3. The fraction of sp³-hybridized carbons (Fsp3) is 0.741. The second kappa shape index (κ2) is 23.2. The Bertz CT molecular complexity index is 2170. The molecule has 0 bridgehead atoms. The Morgan fingerprint density at radius 3 is 1.84 bits per heavy atom. The van der Waals surface area contributed by atoms with E-state index in [0.29, 0.717) is 71.9 Å². The maximum absolute atomic E-state index is 14.3. The second-order valence-corrected chi connectivity index (χ2v) is 25.1. The van der Waals surface area contributed by atoms with Crippen LogP contribution in [0.25, 0.3) is 0 Å². The first-order chi connectivity index (χ1) is 34.0. The summed E-state index contributed by atoms with van der Waals surface area (Å²) in [7, 11) is 4.82. The van der Waals surface area contributed by atoms with E-state index in [9.17, 15) is 9.59 Å². The summed E-state index contributed by atoms with van der Waals surface area (Å²) < 4.78 is 42.7. The predicted molar refractivity (Wildman–Crippen MR) is 276 cm³/mol. The molecule has 3 unspecified atom stereocenters. The number of amides is 2. The molecule has 11 atom stereocenters. The summed E-state index contributed by atoms with van der Waals surface area (Å²) in [5, 5.41) is 0. The van der Waals surface area contributed by atoms with E-state index < -0.39 is 0 Å². The Balaban J connectivity index is 0.921. The zero-order valence-electron chi connectivity index (χ0n) is 42.7. The minimum Gasteiger partial charge on any atom is -0.498 e. The van der Waals surface area contributed by atoms with Crippen LogP contribution in [-0.4, -0.2) is 173 Å². The number of nitrogens with zero attached hydrogens (tertiary/aromatic N) is 5. The van der Waals surface area contributed by atoms with E-state index in [1.807, 2.05) is 0 Å². The van der Waals surface area contributed by atoms with Gasteiger partial charge in [-0.2, -0.15) is 0 Å². The van der Waals surface area contributed by atoms with E-state index in [1.54, 1.807) is 21.3 Å². The second-order valence-electron chi connectivity index (χ2n) is 21.5. The molecule has 0 aromatic heterocycles. The lowest BCUT2D eigenvalue weighted by atomic mass is 9.84. The quantitative estimate of drug-likeness (QED) is 0.0889. The van der Waals surface area contributed by atoms with E-state index >= 15 is 0 Å². The van der Waals surface area contributed by atoms with Crippen molar-refractivity contribution in [2.24, 2.45) is 27.7 Å². The Morgan fingerprint density at radius 1 is 0.729 bits per heavy atom. The average Bonchev–Trinajstić information content (AvgIpc) is 3.86. The highest BCUT2D eigenvalue weighted by Crippen LogP contribution is 2.45. The van der Waals surface area contributed by atoms with E-state index in [0.717, 1.165) is 100 Å². The monoisotopic (exact) mass is 1010 g/mol. The average molecular weight is 1010 g/mol. The third-order valence-corrected chi connectivity index (χ3v) is 19.7. The van der Waals surface area contributed by atoms with Gasteiger partial charge in [-0.3, -0.25) is 24.5 Å². The molecular weight excluding hydrogens is 927 g/mol. The first kappa shape index (κ1) is 51.5. The van der Waals surface area contributed by atoms with Gasteiger partial charge in [0.15, 0.2) is 0 Å². The van der Waals surface area contributed by atoms with Crippen molar-refractivity contribution < 1.29 is 42.7 Å². The molecule has 4 heterocycles. The van der Waals surface area contributed by atoms with Gasteiger partial charge >= 0.3 is 0 Å². The van der Waals surface area contributed by atoms with Crippen LogP contribution < -0.4 is 0 Å². The Morgan fingerprint density at radius 2 is 1.29 bits per heavy atom. The first-order valence-corrected chi connectivity index (χ1v) is 28.8. The van der Waals surface area contributed by atoms with Crippen LogP contribution in [0, 0.1) is 17.8 Å². The normalized spacial score (nSPS) is 32.2. The van der Waals surface area contributed by atoms with Crippen molar-refractivity contribution in [3.8, 4) is 0 Å². The molecule has 0 spiro atoms. The lowest BCUT2D eigenvalue weighted by molar-refractivity contribution is -0.139. The first-order valence-electron chi connectivity index (χ1n) is 26.2. The molecule has 16 heteroatoms. The van der Waals surface area contributed by atoms with E-state index in [4.69, 9.17) is 54.3 Å². The highest BCUT2D eigenvalue weighted by Gasteiger charge is 2.50. The number of hydrogen-bond acceptors (Lipinski definition) is 13. The summed E-state index contributed by atoms with van der Waals surface area (Å²) >= 11 is 5.95. The van der Waals surface area contributed by atoms with Crippen LogP contribution >= 0.6 is 0 Å². The third kappa shape index (κ3) is 11.4. The van der Waals surface area contributed by atoms with Crippen LogP contribution in [0.3, 0.4) is 0 Å². The summed E-state index contributed by atoms with van der Waals surface area (Å²) in [5.74, 6) is 3.12. The van der Waals surface area contributed by atoms with Crippen molar-refractivity contribution in [3.63, 3.8) is 0 Å². The highest BCUT2D eigenvalue weighted by atomic mass is 32.8. The van der Waals surface area contributed by atoms with E-state index in [-0.39, 0.29) is 86.1 Å². The van der Waals surface area contributed by atoms with Crippen molar-refractivity contribution in [2.75, 3.05) is 86.9 Å². The molecule has 9 aliphatic rings. The highest BCUT2D eigenvalue weighted by molar-refractivity contribution is 8.29. The summed E-state index contributed by atoms with van der Waals surface area (Å²) in [6, 6.07) is 0.151. The molecule has 14 nitrogen and oxygen atoms in total. The SMILES string of the molecule is COCCOCCOCCN(CC(C)(C)S(C)=S)[C@@H]1C=C(COC2=C(OC)C[C@H]3C(=O)N4[C@H](C=NC3C2)CC2=CCCC[C@@H]24)CC(COC2=C(OC)C[C@@H]3C(=O)N4[C@@H]5CCCC=C5C[C@@H]4C=N[C@@H]3C2)C1. The third-order valence-electron chi connectivity index (χ3n) is 16.6. The number of carbonyl (C=O) groups excluding carboxylic acids is 2. The Hall–Kier alpha value is -3.41. The summed E-state index contributed by atoms with van der Waals surface area (Å²) in [6.45, 7) is 9.64. The largest absolute Gasteiger partial charge is 0.498 e. The zero-order chi connectivity index (χ0) is 48.9. The number of fused-ring (bicyclic) bond motifs is 8. The minimum absolute atomic E-state index is 0.0244. The molecule has 70 heavy (non-hydrogen) atoms.